The Bertz CT molecular complexity index is 1070. The van der Waals surface area contributed by atoms with Crippen molar-refractivity contribution in [3.8, 4) is 5.75 Å². The van der Waals surface area contributed by atoms with E-state index in [-0.39, 0.29) is 17.5 Å². The zero-order chi connectivity index (χ0) is 25.5. The Kier molecular flexibility index (Phi) is 6.47. The van der Waals surface area contributed by atoms with Crippen molar-refractivity contribution in [2.24, 2.45) is 5.41 Å². The average Bonchev–Trinajstić information content (AvgIpc) is 3.01. The number of imide groups is 1. The van der Waals surface area contributed by atoms with Crippen LogP contribution in [-0.2, 0) is 11.2 Å². The molecule has 1 aliphatic rings. The van der Waals surface area contributed by atoms with Crippen LogP contribution in [0.15, 0.2) is 42.6 Å². The first-order chi connectivity index (χ1) is 15.7. The quantitative estimate of drug-likeness (QED) is 0.417. The van der Waals surface area contributed by atoms with Gasteiger partial charge in [-0.2, -0.15) is 22.0 Å². The predicted molar refractivity (Wildman–Crippen MR) is 107 cm³/mol. The Morgan fingerprint density at radius 1 is 1.26 bits per heavy atom. The number of rotatable bonds is 6. The van der Waals surface area contributed by atoms with Gasteiger partial charge in [-0.1, -0.05) is 32.9 Å². The van der Waals surface area contributed by atoms with Crippen LogP contribution in [-0.4, -0.2) is 45.2 Å². The first kappa shape index (κ1) is 25.2. The Morgan fingerprint density at radius 3 is 2.47 bits per heavy atom. The summed E-state index contributed by atoms with van der Waals surface area (Å²) in [5, 5.41) is 9.88. The second-order valence-corrected chi connectivity index (χ2v) is 8.76. The lowest BCUT2D eigenvalue weighted by molar-refractivity contribution is -0.253. The highest BCUT2D eigenvalue weighted by atomic mass is 19.3. The molecule has 1 saturated heterocycles. The number of cyclic esters (lactones) is 1. The maximum absolute atomic E-state index is 13.4. The minimum atomic E-state index is -4.75. The topological polar surface area (TPSA) is 89.0 Å². The van der Waals surface area contributed by atoms with Crippen molar-refractivity contribution in [2.75, 3.05) is 0 Å². The van der Waals surface area contributed by atoms with Gasteiger partial charge in [-0.15, -0.1) is 0 Å². The van der Waals surface area contributed by atoms with Gasteiger partial charge >= 0.3 is 24.7 Å². The number of hydrogen-bond acceptors (Lipinski definition) is 5. The molecule has 7 nitrogen and oxygen atoms in total. The van der Waals surface area contributed by atoms with Crippen LogP contribution in [0.4, 0.5) is 31.5 Å². The van der Waals surface area contributed by atoms with E-state index in [1.807, 2.05) is 0 Å². The first-order valence-electron chi connectivity index (χ1n) is 9.98. The summed E-state index contributed by atoms with van der Waals surface area (Å²) in [4.78, 5) is 28.9. The number of ether oxygens (including phenoxy) is 2. The molecular weight excluding hydrogens is 467 g/mol. The number of alkyl halides is 4. The summed E-state index contributed by atoms with van der Waals surface area (Å²) >= 11 is 0. The summed E-state index contributed by atoms with van der Waals surface area (Å²) in [7, 11) is 0. The van der Waals surface area contributed by atoms with E-state index in [0.717, 1.165) is 24.4 Å². The molecule has 1 aliphatic heterocycles. The smallest absolute Gasteiger partial charge is 0.461 e. The fraction of sp³-hybridized carbons (Fsp3) is 0.409. The van der Waals surface area contributed by atoms with E-state index in [1.165, 1.54) is 18.2 Å². The van der Waals surface area contributed by atoms with Gasteiger partial charge in [-0.25, -0.2) is 19.5 Å². The van der Waals surface area contributed by atoms with Crippen molar-refractivity contribution < 1.29 is 46.1 Å². The number of carboxylic acid groups (broad SMARTS) is 1. The van der Waals surface area contributed by atoms with Gasteiger partial charge in [0.2, 0.25) is 5.95 Å². The number of hydrogen-bond donors (Lipinski definition) is 1. The van der Waals surface area contributed by atoms with E-state index in [1.54, 1.807) is 20.8 Å². The van der Waals surface area contributed by atoms with Crippen LogP contribution in [0.2, 0.25) is 0 Å². The molecule has 3 rings (SSSR count). The van der Waals surface area contributed by atoms with E-state index in [4.69, 9.17) is 4.74 Å². The van der Waals surface area contributed by atoms with Gasteiger partial charge in [0.05, 0.1) is 0 Å². The molecule has 1 aromatic carbocycles. The Labute approximate surface area is 191 Å². The first-order valence-corrected chi connectivity index (χ1v) is 9.98. The number of pyridine rings is 1. The van der Waals surface area contributed by atoms with E-state index in [0.29, 0.717) is 4.90 Å². The maximum Gasteiger partial charge on any atom is 0.461 e. The third-order valence-electron chi connectivity index (χ3n) is 5.66. The van der Waals surface area contributed by atoms with Crippen LogP contribution >= 0.6 is 0 Å². The third-order valence-corrected chi connectivity index (χ3v) is 5.66. The maximum atomic E-state index is 13.4. The molecule has 0 bridgehead atoms. The molecule has 0 aliphatic carbocycles. The molecule has 0 radical (unpaired) electrons. The monoisotopic (exact) mass is 488 g/mol. The second kappa shape index (κ2) is 8.73. The van der Waals surface area contributed by atoms with Crippen LogP contribution in [0, 0.1) is 11.4 Å². The summed E-state index contributed by atoms with van der Waals surface area (Å²) in [6, 6.07) is 7.09. The van der Waals surface area contributed by atoms with Gasteiger partial charge in [-0.3, -0.25) is 0 Å². The minimum Gasteiger partial charge on any atom is -0.465 e. The zero-order valence-corrected chi connectivity index (χ0v) is 18.3. The van der Waals surface area contributed by atoms with Crippen molar-refractivity contribution in [2.45, 2.75) is 51.4 Å². The number of benzene rings is 1. The molecule has 34 heavy (non-hydrogen) atoms. The normalized spacial score (nSPS) is 21.0. The summed E-state index contributed by atoms with van der Waals surface area (Å²) in [5.41, 5.74) is -2.30. The molecule has 2 amide bonds. The van der Waals surface area contributed by atoms with Crippen molar-refractivity contribution >= 4 is 12.2 Å². The molecule has 2 heterocycles. The summed E-state index contributed by atoms with van der Waals surface area (Å²) in [6.07, 6.45) is -12.1. The Morgan fingerprint density at radius 2 is 1.94 bits per heavy atom. The third kappa shape index (κ3) is 4.48. The fourth-order valence-corrected chi connectivity index (χ4v) is 4.06. The van der Waals surface area contributed by atoms with Gasteiger partial charge in [0.25, 0.3) is 0 Å². The minimum absolute atomic E-state index is 0.196. The zero-order valence-electron chi connectivity index (χ0n) is 18.3. The summed E-state index contributed by atoms with van der Waals surface area (Å²) < 4.78 is 74.9. The lowest BCUT2D eigenvalue weighted by Gasteiger charge is -2.47. The molecule has 1 fully saturated rings. The molecule has 0 spiro atoms. The molecule has 1 aromatic heterocycles. The van der Waals surface area contributed by atoms with Gasteiger partial charge < -0.3 is 14.6 Å². The van der Waals surface area contributed by atoms with Crippen molar-refractivity contribution in [1.82, 2.24) is 9.88 Å². The molecule has 2 atom stereocenters. The van der Waals surface area contributed by atoms with E-state index >= 15 is 0 Å². The van der Waals surface area contributed by atoms with Crippen molar-refractivity contribution in [1.29, 1.82) is 0 Å². The van der Waals surface area contributed by atoms with Gasteiger partial charge in [0.1, 0.15) is 11.3 Å². The number of halogens is 5. The van der Waals surface area contributed by atoms with Gasteiger partial charge in [0.15, 0.2) is 6.10 Å². The molecule has 2 unspecified atom stereocenters. The SMILES string of the molecule is CC(C)(C)C1(Cc2cccc(OC(F)(F)C(F)F)c2)C(c2ccc(F)nc2)OC(=O)N1C(=O)O. The Balaban J connectivity index is 2.13. The highest BCUT2D eigenvalue weighted by Gasteiger charge is 2.64. The standard InChI is InChI=1S/C22H21F5N2O5/c1-20(2,3)21(10-12-5-4-6-14(9-12)34-22(26,27)17(24)25)16(13-7-8-15(23)28-11-13)33-19(32)29(21)18(30)31/h4-9,11,16-17H,10H2,1-3H3,(H,30,31). The van der Waals surface area contributed by atoms with Gasteiger partial charge in [-0.05, 0) is 35.2 Å². The van der Waals surface area contributed by atoms with Crippen LogP contribution in [0.1, 0.15) is 38.0 Å². The van der Waals surface area contributed by atoms with Crippen LogP contribution in [0.3, 0.4) is 0 Å². The molecule has 2 aromatic rings. The van der Waals surface area contributed by atoms with Gasteiger partial charge in [0, 0.05) is 18.2 Å². The van der Waals surface area contributed by atoms with Crippen LogP contribution < -0.4 is 4.74 Å². The lowest BCUT2D eigenvalue weighted by atomic mass is 9.65. The van der Waals surface area contributed by atoms with E-state index in [2.05, 4.69) is 9.72 Å². The number of amides is 2. The number of carbonyl (C=O) groups excluding carboxylic acids is 1. The molecule has 1 N–H and O–H groups in total. The highest BCUT2D eigenvalue weighted by molar-refractivity contribution is 5.90. The summed E-state index contributed by atoms with van der Waals surface area (Å²) in [5.74, 6) is -1.40. The van der Waals surface area contributed by atoms with Crippen molar-refractivity contribution in [3.63, 3.8) is 0 Å². The molecule has 184 valence electrons. The second-order valence-electron chi connectivity index (χ2n) is 8.76. The largest absolute Gasteiger partial charge is 0.465 e. The Hall–Kier alpha value is -3.44. The fourth-order valence-electron chi connectivity index (χ4n) is 4.06. The molecule has 12 heteroatoms. The van der Waals surface area contributed by atoms with Crippen molar-refractivity contribution in [3.05, 3.63) is 59.7 Å². The number of aromatic nitrogens is 1. The van der Waals surface area contributed by atoms with Crippen LogP contribution in [0.5, 0.6) is 5.75 Å². The highest BCUT2D eigenvalue weighted by Crippen LogP contribution is 2.53. The van der Waals surface area contributed by atoms with E-state index in [9.17, 15) is 36.6 Å². The number of carbonyl (C=O) groups is 2. The van der Waals surface area contributed by atoms with E-state index < -0.39 is 53.5 Å². The molecular formula is C22H21F5N2O5. The average molecular weight is 488 g/mol. The number of nitrogens with zero attached hydrogens (tertiary/aromatic N) is 2. The predicted octanol–water partition coefficient (Wildman–Crippen LogP) is 5.66. The molecule has 0 saturated carbocycles. The van der Waals surface area contributed by atoms with Crippen LogP contribution in [0.25, 0.3) is 0 Å². The lowest BCUT2D eigenvalue weighted by Crippen LogP contribution is -2.60. The summed E-state index contributed by atoms with van der Waals surface area (Å²) in [6.45, 7) is 4.92.